The molecule has 0 saturated heterocycles. The van der Waals surface area contributed by atoms with Crippen LogP contribution in [0, 0.1) is 10.1 Å². The van der Waals surface area contributed by atoms with Crippen molar-refractivity contribution in [3.05, 3.63) is 33.1 Å². The molecule has 0 atom stereocenters. The Morgan fingerprint density at radius 3 is 2.77 bits per heavy atom. The molecule has 1 aromatic rings. The number of rotatable bonds is 2. The van der Waals surface area contributed by atoms with Crippen LogP contribution in [0.2, 0.25) is 5.15 Å². The zero-order chi connectivity index (χ0) is 9.42. The number of nitro groups is 1. The summed E-state index contributed by atoms with van der Waals surface area (Å²) in [4.78, 5) is 14.1. The van der Waals surface area contributed by atoms with Gasteiger partial charge in [-0.15, -0.1) is 0 Å². The lowest BCUT2D eigenvalue weighted by Gasteiger charge is -1.97. The first-order chi connectivity index (χ1) is 6.16. The van der Waals surface area contributed by atoms with Gasteiger partial charge in [0.05, 0.1) is 16.7 Å². The van der Waals surface area contributed by atoms with Crippen LogP contribution in [0.5, 0.6) is 0 Å². The first-order valence-corrected chi connectivity index (χ1v) is 4.36. The molecule has 2 rings (SSSR count). The maximum Gasteiger partial charge on any atom is 0.274 e. The van der Waals surface area contributed by atoms with Gasteiger partial charge >= 0.3 is 0 Å². The first kappa shape index (κ1) is 8.44. The van der Waals surface area contributed by atoms with Crippen molar-refractivity contribution in [2.24, 2.45) is 0 Å². The highest BCUT2D eigenvalue weighted by Gasteiger charge is 2.27. The van der Waals surface area contributed by atoms with E-state index < -0.39 is 4.92 Å². The Kier molecular flexibility index (Phi) is 1.92. The van der Waals surface area contributed by atoms with Crippen LogP contribution in [0.1, 0.15) is 24.5 Å². The maximum absolute atomic E-state index is 10.5. The smallest absolute Gasteiger partial charge is 0.258 e. The average Bonchev–Trinajstić information content (AvgIpc) is 2.85. The Hall–Kier alpha value is -1.16. The van der Waals surface area contributed by atoms with Crippen molar-refractivity contribution in [2.75, 3.05) is 0 Å². The van der Waals surface area contributed by atoms with Crippen molar-refractivity contribution in [3.63, 3.8) is 0 Å². The molecule has 1 aliphatic rings. The zero-order valence-electron chi connectivity index (χ0n) is 6.74. The molecule has 0 spiro atoms. The van der Waals surface area contributed by atoms with Crippen LogP contribution in [0.15, 0.2) is 12.1 Å². The third-order valence-corrected chi connectivity index (χ3v) is 2.20. The Bertz CT molecular complexity index is 363. The van der Waals surface area contributed by atoms with Crippen molar-refractivity contribution >= 4 is 17.3 Å². The summed E-state index contributed by atoms with van der Waals surface area (Å²) < 4.78 is 0. The van der Waals surface area contributed by atoms with Gasteiger partial charge in [-0.25, -0.2) is 4.98 Å². The molecule has 1 fully saturated rings. The molecule has 1 saturated carbocycles. The third-order valence-electron chi connectivity index (χ3n) is 2.01. The van der Waals surface area contributed by atoms with Crippen LogP contribution in [0.3, 0.4) is 0 Å². The highest BCUT2D eigenvalue weighted by molar-refractivity contribution is 6.29. The molecule has 0 unspecified atom stereocenters. The summed E-state index contributed by atoms with van der Waals surface area (Å²) in [6, 6.07) is 2.77. The Morgan fingerprint density at radius 2 is 2.23 bits per heavy atom. The molecule has 5 heteroatoms. The predicted molar refractivity (Wildman–Crippen MR) is 47.9 cm³/mol. The minimum absolute atomic E-state index is 0.0295. The summed E-state index contributed by atoms with van der Waals surface area (Å²) in [5.41, 5.74) is 0.779. The number of pyridine rings is 1. The van der Waals surface area contributed by atoms with E-state index in [-0.39, 0.29) is 10.8 Å². The summed E-state index contributed by atoms with van der Waals surface area (Å²) in [6.07, 6.45) is 2.12. The lowest BCUT2D eigenvalue weighted by Crippen LogP contribution is -1.93. The van der Waals surface area contributed by atoms with Crippen molar-refractivity contribution in [1.29, 1.82) is 0 Å². The fraction of sp³-hybridized carbons (Fsp3) is 0.375. The molecule has 0 bridgehead atoms. The third kappa shape index (κ3) is 1.78. The van der Waals surface area contributed by atoms with Crippen LogP contribution < -0.4 is 0 Å². The van der Waals surface area contributed by atoms with E-state index in [4.69, 9.17) is 11.6 Å². The van der Waals surface area contributed by atoms with E-state index in [1.54, 1.807) is 0 Å². The van der Waals surface area contributed by atoms with Crippen LogP contribution in [-0.4, -0.2) is 9.91 Å². The van der Waals surface area contributed by atoms with Gasteiger partial charge in [-0.05, 0) is 12.8 Å². The largest absolute Gasteiger partial charge is 0.274 e. The van der Waals surface area contributed by atoms with Gasteiger partial charge in [0.25, 0.3) is 5.69 Å². The van der Waals surface area contributed by atoms with E-state index >= 15 is 0 Å². The fourth-order valence-corrected chi connectivity index (χ4v) is 1.41. The summed E-state index contributed by atoms with van der Waals surface area (Å²) in [5, 5.41) is 10.7. The summed E-state index contributed by atoms with van der Waals surface area (Å²) >= 11 is 5.65. The second kappa shape index (κ2) is 2.96. The minimum atomic E-state index is -0.445. The van der Waals surface area contributed by atoms with Gasteiger partial charge in [0.15, 0.2) is 0 Å². The van der Waals surface area contributed by atoms with Gasteiger partial charge in [0.1, 0.15) is 5.15 Å². The molecule has 1 heterocycles. The number of nitrogens with zero attached hydrogens (tertiary/aromatic N) is 2. The van der Waals surface area contributed by atoms with E-state index in [0.29, 0.717) is 5.92 Å². The summed E-state index contributed by atoms with van der Waals surface area (Å²) in [7, 11) is 0. The standard InChI is InChI=1S/C8H7ClN2O2/c9-8-4-6(11(12)13)3-7(10-8)5-1-2-5/h3-5H,1-2H2. The molecule has 13 heavy (non-hydrogen) atoms. The van der Waals surface area contributed by atoms with E-state index in [1.807, 2.05) is 0 Å². The van der Waals surface area contributed by atoms with Gasteiger partial charge in [0, 0.05) is 12.0 Å². The highest BCUT2D eigenvalue weighted by Crippen LogP contribution is 2.40. The maximum atomic E-state index is 10.5. The molecule has 0 amide bonds. The predicted octanol–water partition coefficient (Wildman–Crippen LogP) is 2.52. The molecule has 4 nitrogen and oxygen atoms in total. The average molecular weight is 199 g/mol. The molecular formula is C8H7ClN2O2. The van der Waals surface area contributed by atoms with Crippen LogP contribution >= 0.6 is 11.6 Å². The molecule has 0 aromatic carbocycles. The normalized spacial score (nSPS) is 15.8. The number of hydrogen-bond donors (Lipinski definition) is 0. The SMILES string of the molecule is O=[N+]([O-])c1cc(Cl)nc(C2CC2)c1. The second-order valence-electron chi connectivity index (χ2n) is 3.10. The van der Waals surface area contributed by atoms with Crippen molar-refractivity contribution in [2.45, 2.75) is 18.8 Å². The Balaban J connectivity index is 2.41. The van der Waals surface area contributed by atoms with Gasteiger partial charge in [-0.1, -0.05) is 11.6 Å². The van der Waals surface area contributed by atoms with Crippen molar-refractivity contribution in [1.82, 2.24) is 4.98 Å². The van der Waals surface area contributed by atoms with E-state index in [9.17, 15) is 10.1 Å². The Labute approximate surface area is 79.7 Å². The van der Waals surface area contributed by atoms with E-state index in [2.05, 4.69) is 4.98 Å². The second-order valence-corrected chi connectivity index (χ2v) is 3.49. The van der Waals surface area contributed by atoms with E-state index in [1.165, 1.54) is 12.1 Å². The van der Waals surface area contributed by atoms with Crippen LogP contribution in [0.25, 0.3) is 0 Å². The molecular weight excluding hydrogens is 192 g/mol. The lowest BCUT2D eigenvalue weighted by atomic mass is 10.2. The van der Waals surface area contributed by atoms with Gasteiger partial charge in [0.2, 0.25) is 0 Å². The van der Waals surface area contributed by atoms with Gasteiger partial charge < -0.3 is 0 Å². The molecule has 1 aliphatic carbocycles. The summed E-state index contributed by atoms with van der Waals surface area (Å²) in [6.45, 7) is 0. The van der Waals surface area contributed by atoms with Crippen molar-refractivity contribution < 1.29 is 4.92 Å². The molecule has 0 N–H and O–H groups in total. The molecule has 0 aliphatic heterocycles. The quantitative estimate of drug-likeness (QED) is 0.417. The number of hydrogen-bond acceptors (Lipinski definition) is 3. The first-order valence-electron chi connectivity index (χ1n) is 3.98. The monoisotopic (exact) mass is 198 g/mol. The lowest BCUT2D eigenvalue weighted by molar-refractivity contribution is -0.385. The van der Waals surface area contributed by atoms with Crippen molar-refractivity contribution in [3.8, 4) is 0 Å². The Morgan fingerprint density at radius 1 is 1.54 bits per heavy atom. The number of halogens is 1. The summed E-state index contributed by atoms with van der Waals surface area (Å²) in [5.74, 6) is 0.386. The van der Waals surface area contributed by atoms with Crippen LogP contribution in [0.4, 0.5) is 5.69 Å². The zero-order valence-corrected chi connectivity index (χ0v) is 7.49. The van der Waals surface area contributed by atoms with Gasteiger partial charge in [-0.2, -0.15) is 0 Å². The fourth-order valence-electron chi connectivity index (χ4n) is 1.20. The molecule has 1 aromatic heterocycles. The van der Waals surface area contributed by atoms with E-state index in [0.717, 1.165) is 18.5 Å². The molecule has 68 valence electrons. The topological polar surface area (TPSA) is 56.0 Å². The number of aromatic nitrogens is 1. The minimum Gasteiger partial charge on any atom is -0.258 e. The molecule has 0 radical (unpaired) electrons. The van der Waals surface area contributed by atoms with Gasteiger partial charge in [-0.3, -0.25) is 10.1 Å². The highest BCUT2D eigenvalue weighted by atomic mass is 35.5. The van der Waals surface area contributed by atoms with Crippen LogP contribution in [-0.2, 0) is 0 Å².